The van der Waals surface area contributed by atoms with Gasteiger partial charge >= 0.3 is 0 Å². The largest absolute Gasteiger partial charge is 0.452 e. The summed E-state index contributed by atoms with van der Waals surface area (Å²) >= 11 is 0. The first kappa shape index (κ1) is 13.1. The van der Waals surface area contributed by atoms with Gasteiger partial charge in [0.2, 0.25) is 0 Å². The lowest BCUT2D eigenvalue weighted by atomic mass is 10.2. The molecule has 1 aliphatic rings. The van der Waals surface area contributed by atoms with Crippen LogP contribution in [0.2, 0.25) is 0 Å². The molecule has 3 rings (SSSR count). The van der Waals surface area contributed by atoms with Crippen molar-refractivity contribution >= 4 is 0 Å². The maximum Gasteiger partial charge on any atom is 0.171 e. The van der Waals surface area contributed by atoms with E-state index in [-0.39, 0.29) is 0 Å². The molecule has 0 aliphatic heterocycles. The summed E-state index contributed by atoms with van der Waals surface area (Å²) in [4.78, 5) is 4.17. The van der Waals surface area contributed by atoms with Crippen LogP contribution in [0.1, 0.15) is 29.8 Å². The Morgan fingerprint density at radius 1 is 1.40 bits per heavy atom. The van der Waals surface area contributed by atoms with Crippen molar-refractivity contribution in [1.29, 1.82) is 0 Å². The Balaban J connectivity index is 1.82. The van der Waals surface area contributed by atoms with E-state index in [0.717, 1.165) is 35.0 Å². The Hall–Kier alpha value is -1.88. The number of aromatic nitrogens is 3. The van der Waals surface area contributed by atoms with Gasteiger partial charge < -0.3 is 10.1 Å². The van der Waals surface area contributed by atoms with Crippen LogP contribution < -0.4 is 10.1 Å². The summed E-state index contributed by atoms with van der Waals surface area (Å²) in [5.74, 6) is 1.63. The van der Waals surface area contributed by atoms with Gasteiger partial charge in [0.25, 0.3) is 0 Å². The molecule has 0 spiro atoms. The molecule has 106 valence electrons. The summed E-state index contributed by atoms with van der Waals surface area (Å²) in [6.07, 6.45) is 6.14. The number of rotatable bonds is 5. The Labute approximate surface area is 119 Å². The van der Waals surface area contributed by atoms with E-state index in [9.17, 15) is 0 Å². The van der Waals surface area contributed by atoms with Crippen LogP contribution in [0.15, 0.2) is 18.5 Å². The molecule has 2 heterocycles. The lowest BCUT2D eigenvalue weighted by molar-refractivity contribution is 0.462. The molecule has 20 heavy (non-hydrogen) atoms. The van der Waals surface area contributed by atoms with Crippen LogP contribution in [0.4, 0.5) is 0 Å². The van der Waals surface area contributed by atoms with Gasteiger partial charge in [-0.25, -0.2) is 0 Å². The average molecular weight is 272 g/mol. The Morgan fingerprint density at radius 2 is 2.20 bits per heavy atom. The highest BCUT2D eigenvalue weighted by Gasteiger charge is 2.21. The van der Waals surface area contributed by atoms with Gasteiger partial charge in [-0.1, -0.05) is 0 Å². The van der Waals surface area contributed by atoms with Gasteiger partial charge in [0, 0.05) is 31.4 Å². The Bertz CT molecular complexity index is 616. The summed E-state index contributed by atoms with van der Waals surface area (Å²) < 4.78 is 7.90. The van der Waals surface area contributed by atoms with Gasteiger partial charge in [-0.3, -0.25) is 9.67 Å². The molecular weight excluding hydrogens is 252 g/mol. The van der Waals surface area contributed by atoms with Crippen molar-refractivity contribution in [2.75, 3.05) is 0 Å². The first-order chi connectivity index (χ1) is 9.65. The molecule has 2 aromatic heterocycles. The number of aryl methyl sites for hydroxylation is 2. The summed E-state index contributed by atoms with van der Waals surface area (Å²) in [5.41, 5.74) is 3.05. The van der Waals surface area contributed by atoms with Gasteiger partial charge in [-0.05, 0) is 32.8 Å². The van der Waals surface area contributed by atoms with Crippen LogP contribution in [0.25, 0.3) is 0 Å². The number of hydrogen-bond donors (Lipinski definition) is 1. The topological polar surface area (TPSA) is 52.0 Å². The molecule has 2 aromatic rings. The van der Waals surface area contributed by atoms with Crippen molar-refractivity contribution < 1.29 is 4.74 Å². The van der Waals surface area contributed by atoms with Gasteiger partial charge in [0.15, 0.2) is 5.75 Å². The van der Waals surface area contributed by atoms with Crippen LogP contribution in [0.5, 0.6) is 11.5 Å². The Morgan fingerprint density at radius 3 is 2.85 bits per heavy atom. The standard InChI is InChI=1S/C15H20N4O/c1-10-15(11(2)19(3)18-10)20-14-9-16-7-6-12(14)8-17-13-4-5-13/h6-7,9,13,17H,4-5,8H2,1-3H3. The van der Waals surface area contributed by atoms with Crippen LogP contribution in [-0.2, 0) is 13.6 Å². The van der Waals surface area contributed by atoms with Gasteiger partial charge in [-0.15, -0.1) is 0 Å². The zero-order chi connectivity index (χ0) is 14.1. The summed E-state index contributed by atoms with van der Waals surface area (Å²) in [6.45, 7) is 4.79. The molecule has 1 aliphatic carbocycles. The third-order valence-electron chi connectivity index (χ3n) is 3.68. The molecule has 0 aromatic carbocycles. The molecule has 0 unspecified atom stereocenters. The maximum absolute atomic E-state index is 6.06. The van der Waals surface area contributed by atoms with Gasteiger partial charge in [0.05, 0.1) is 11.9 Å². The SMILES string of the molecule is Cc1nn(C)c(C)c1Oc1cnccc1CNC1CC1. The fourth-order valence-electron chi connectivity index (χ4n) is 2.20. The number of pyridine rings is 1. The summed E-state index contributed by atoms with van der Waals surface area (Å²) in [5, 5.41) is 7.88. The lowest BCUT2D eigenvalue weighted by Crippen LogP contribution is -2.15. The third-order valence-corrected chi connectivity index (χ3v) is 3.68. The number of nitrogens with zero attached hydrogens (tertiary/aromatic N) is 3. The third kappa shape index (κ3) is 2.67. The van der Waals surface area contributed by atoms with Crippen molar-refractivity contribution in [3.63, 3.8) is 0 Å². The smallest absolute Gasteiger partial charge is 0.171 e. The van der Waals surface area contributed by atoms with Crippen molar-refractivity contribution in [3.8, 4) is 11.5 Å². The van der Waals surface area contributed by atoms with E-state index in [4.69, 9.17) is 4.74 Å². The highest BCUT2D eigenvalue weighted by atomic mass is 16.5. The number of ether oxygens (including phenoxy) is 1. The van der Waals surface area contributed by atoms with Crippen molar-refractivity contribution in [2.45, 2.75) is 39.3 Å². The highest BCUT2D eigenvalue weighted by molar-refractivity contribution is 5.39. The minimum Gasteiger partial charge on any atom is -0.452 e. The zero-order valence-corrected chi connectivity index (χ0v) is 12.2. The van der Waals surface area contributed by atoms with E-state index in [1.54, 1.807) is 12.4 Å². The van der Waals surface area contributed by atoms with E-state index >= 15 is 0 Å². The van der Waals surface area contributed by atoms with Gasteiger partial charge in [0.1, 0.15) is 11.4 Å². The lowest BCUT2D eigenvalue weighted by Gasteiger charge is -2.11. The molecule has 0 bridgehead atoms. The minimum atomic E-state index is 0.679. The molecule has 5 nitrogen and oxygen atoms in total. The molecule has 1 saturated carbocycles. The number of hydrogen-bond acceptors (Lipinski definition) is 4. The molecule has 0 saturated heterocycles. The first-order valence-electron chi connectivity index (χ1n) is 6.99. The van der Waals surface area contributed by atoms with Crippen LogP contribution >= 0.6 is 0 Å². The minimum absolute atomic E-state index is 0.679. The first-order valence-corrected chi connectivity index (χ1v) is 6.99. The fourth-order valence-corrected chi connectivity index (χ4v) is 2.20. The van der Waals surface area contributed by atoms with Gasteiger partial charge in [-0.2, -0.15) is 5.10 Å². The molecule has 0 amide bonds. The fraction of sp³-hybridized carbons (Fsp3) is 0.467. The van der Waals surface area contributed by atoms with Crippen molar-refractivity contribution in [2.24, 2.45) is 7.05 Å². The van der Waals surface area contributed by atoms with Crippen LogP contribution in [0, 0.1) is 13.8 Å². The second-order valence-electron chi connectivity index (χ2n) is 5.36. The predicted molar refractivity (Wildman–Crippen MR) is 76.9 cm³/mol. The van der Waals surface area contributed by atoms with Crippen molar-refractivity contribution in [3.05, 3.63) is 35.4 Å². The zero-order valence-electron chi connectivity index (χ0n) is 12.2. The maximum atomic E-state index is 6.06. The second kappa shape index (κ2) is 5.25. The van der Waals surface area contributed by atoms with Crippen LogP contribution in [-0.4, -0.2) is 20.8 Å². The van der Waals surface area contributed by atoms with E-state index in [1.807, 2.05) is 31.6 Å². The van der Waals surface area contributed by atoms with Crippen molar-refractivity contribution in [1.82, 2.24) is 20.1 Å². The summed E-state index contributed by atoms with van der Waals surface area (Å²) in [7, 11) is 1.92. The summed E-state index contributed by atoms with van der Waals surface area (Å²) in [6, 6.07) is 2.68. The molecule has 0 atom stereocenters. The molecule has 1 fully saturated rings. The molecule has 1 N–H and O–H groups in total. The normalized spacial score (nSPS) is 14.6. The van der Waals surface area contributed by atoms with E-state index in [1.165, 1.54) is 12.8 Å². The Kier molecular flexibility index (Phi) is 3.44. The predicted octanol–water partition coefficient (Wildman–Crippen LogP) is 2.48. The highest BCUT2D eigenvalue weighted by Crippen LogP contribution is 2.30. The molecular formula is C15H20N4O. The van der Waals surface area contributed by atoms with E-state index in [2.05, 4.69) is 15.4 Å². The average Bonchev–Trinajstić information content (AvgIpc) is 3.23. The van der Waals surface area contributed by atoms with Crippen LogP contribution in [0.3, 0.4) is 0 Å². The van der Waals surface area contributed by atoms with E-state index < -0.39 is 0 Å². The van der Waals surface area contributed by atoms with E-state index in [0.29, 0.717) is 6.04 Å². The second-order valence-corrected chi connectivity index (χ2v) is 5.36. The molecule has 5 heteroatoms. The quantitative estimate of drug-likeness (QED) is 0.908. The molecule has 0 radical (unpaired) electrons. The monoisotopic (exact) mass is 272 g/mol. The number of nitrogens with one attached hydrogen (secondary N) is 1.